The second-order valence-corrected chi connectivity index (χ2v) is 5.26. The zero-order chi connectivity index (χ0) is 9.84. The fourth-order valence-electron chi connectivity index (χ4n) is 0.933. The van der Waals surface area contributed by atoms with Gasteiger partial charge in [-0.05, 0) is 0 Å². The number of anilines is 1. The van der Waals surface area contributed by atoms with Gasteiger partial charge in [-0.3, -0.25) is 0 Å². The number of hydrogen-bond acceptors (Lipinski definition) is 3. The summed E-state index contributed by atoms with van der Waals surface area (Å²) in [5.41, 5.74) is 1.15. The van der Waals surface area contributed by atoms with E-state index < -0.39 is 0 Å². The Morgan fingerprint density at radius 2 is 2.15 bits per heavy atom. The molecule has 0 spiro atoms. The van der Waals surface area contributed by atoms with E-state index in [4.69, 9.17) is 4.74 Å². The van der Waals surface area contributed by atoms with Gasteiger partial charge in [0.25, 0.3) is 0 Å². The molecule has 1 aromatic heterocycles. The third-order valence-corrected chi connectivity index (χ3v) is 4.43. The molecule has 0 aliphatic rings. The van der Waals surface area contributed by atoms with Crippen LogP contribution in [0.2, 0.25) is 0 Å². The summed E-state index contributed by atoms with van der Waals surface area (Å²) in [5.74, 6) is 0. The monoisotopic (exact) mass is 248 g/mol. The molecule has 4 heteroatoms. The van der Waals surface area contributed by atoms with Crippen molar-refractivity contribution in [3.8, 4) is 0 Å². The number of rotatable bonds is 4. The molecule has 1 aromatic rings. The Hall–Kier alpha value is -0.311. The van der Waals surface area contributed by atoms with Gasteiger partial charge in [0.1, 0.15) is 0 Å². The van der Waals surface area contributed by atoms with Crippen LogP contribution in [-0.2, 0) is 11.3 Å². The molecule has 0 radical (unpaired) electrons. The van der Waals surface area contributed by atoms with Crippen molar-refractivity contribution >= 4 is 19.2 Å². The molecular formula is C9H16N2OSe. The van der Waals surface area contributed by atoms with Gasteiger partial charge >= 0.3 is 85.1 Å². The van der Waals surface area contributed by atoms with Crippen molar-refractivity contribution in [2.45, 2.75) is 20.5 Å². The van der Waals surface area contributed by atoms with Crippen LogP contribution < -0.4 is 4.90 Å². The van der Waals surface area contributed by atoms with Gasteiger partial charge in [-0.1, -0.05) is 0 Å². The number of aryl methyl sites for hydroxylation is 1. The number of aromatic nitrogens is 1. The summed E-state index contributed by atoms with van der Waals surface area (Å²) in [6.45, 7) is 5.62. The minimum atomic E-state index is 0.378. The first-order chi connectivity index (χ1) is 6.15. The Balaban J connectivity index is 2.71. The van der Waals surface area contributed by atoms with E-state index in [1.807, 2.05) is 21.0 Å². The van der Waals surface area contributed by atoms with E-state index in [0.29, 0.717) is 14.5 Å². The van der Waals surface area contributed by atoms with Crippen LogP contribution in [0.4, 0.5) is 4.69 Å². The summed E-state index contributed by atoms with van der Waals surface area (Å²) >= 11 is 0.378. The first-order valence-electron chi connectivity index (χ1n) is 4.36. The van der Waals surface area contributed by atoms with Gasteiger partial charge in [-0.25, -0.2) is 0 Å². The van der Waals surface area contributed by atoms with Crippen molar-refractivity contribution in [1.82, 2.24) is 4.98 Å². The molecule has 0 aliphatic carbocycles. The average molecular weight is 247 g/mol. The Bertz CT molecular complexity index is 271. The number of nitrogens with zero attached hydrogens (tertiary/aromatic N) is 2. The third kappa shape index (κ3) is 2.83. The van der Waals surface area contributed by atoms with Crippen LogP contribution in [0.15, 0.2) is 0 Å². The average Bonchev–Trinajstić information content (AvgIpc) is 2.44. The van der Waals surface area contributed by atoms with Gasteiger partial charge in [0.05, 0.1) is 0 Å². The molecule has 3 nitrogen and oxygen atoms in total. The molecule has 0 N–H and O–H groups in total. The zero-order valence-electron chi connectivity index (χ0n) is 8.63. The van der Waals surface area contributed by atoms with E-state index in [9.17, 15) is 0 Å². The molecule has 1 rings (SSSR count). The maximum atomic E-state index is 5.38. The van der Waals surface area contributed by atoms with Crippen LogP contribution in [0.1, 0.15) is 17.1 Å². The van der Waals surface area contributed by atoms with Gasteiger partial charge in [0.15, 0.2) is 0 Å². The van der Waals surface area contributed by atoms with Gasteiger partial charge in [-0.2, -0.15) is 0 Å². The van der Waals surface area contributed by atoms with Crippen molar-refractivity contribution in [1.29, 1.82) is 0 Å². The van der Waals surface area contributed by atoms with Gasteiger partial charge in [-0.15, -0.1) is 0 Å². The van der Waals surface area contributed by atoms with E-state index in [0.717, 1.165) is 18.9 Å². The Morgan fingerprint density at radius 3 is 2.62 bits per heavy atom. The van der Waals surface area contributed by atoms with E-state index in [2.05, 4.69) is 16.8 Å². The van der Waals surface area contributed by atoms with Crippen molar-refractivity contribution < 1.29 is 4.74 Å². The molecule has 0 unspecified atom stereocenters. The zero-order valence-corrected chi connectivity index (χ0v) is 10.3. The van der Waals surface area contributed by atoms with E-state index in [1.165, 1.54) is 9.13 Å². The molecule has 0 aliphatic heterocycles. The van der Waals surface area contributed by atoms with Gasteiger partial charge < -0.3 is 0 Å². The molecular weight excluding hydrogens is 231 g/mol. The molecule has 0 bridgehead atoms. The van der Waals surface area contributed by atoms with Crippen LogP contribution in [-0.4, -0.2) is 40.2 Å². The van der Waals surface area contributed by atoms with Gasteiger partial charge in [0, 0.05) is 0 Å². The Labute approximate surface area is 85.5 Å². The van der Waals surface area contributed by atoms with E-state index in [1.54, 1.807) is 0 Å². The van der Waals surface area contributed by atoms with Crippen molar-refractivity contribution in [3.63, 3.8) is 0 Å². The summed E-state index contributed by atoms with van der Waals surface area (Å²) in [5, 5.41) is 0. The molecule has 0 aromatic carbocycles. The SMILES string of the molecule is CCOCc1[se]c(N(C)C)nc1C. The van der Waals surface area contributed by atoms with Crippen LogP contribution in [0, 0.1) is 6.92 Å². The third-order valence-electron chi connectivity index (χ3n) is 1.70. The van der Waals surface area contributed by atoms with Crippen LogP contribution in [0.25, 0.3) is 0 Å². The normalized spacial score (nSPS) is 10.5. The summed E-state index contributed by atoms with van der Waals surface area (Å²) in [6.07, 6.45) is 0. The Kier molecular flexibility index (Phi) is 3.97. The molecule has 0 amide bonds. The first kappa shape index (κ1) is 10.8. The predicted octanol–water partition coefficient (Wildman–Crippen LogP) is 1.05. The molecule has 1 heterocycles. The van der Waals surface area contributed by atoms with Gasteiger partial charge in [0.2, 0.25) is 0 Å². The van der Waals surface area contributed by atoms with Crippen molar-refractivity contribution in [2.24, 2.45) is 0 Å². The number of hydrogen-bond donors (Lipinski definition) is 0. The minimum absolute atomic E-state index is 0.378. The van der Waals surface area contributed by atoms with Crippen LogP contribution >= 0.6 is 0 Å². The Morgan fingerprint density at radius 1 is 1.46 bits per heavy atom. The molecule has 0 saturated heterocycles. The fourth-order valence-corrected chi connectivity index (χ4v) is 2.87. The van der Waals surface area contributed by atoms with Crippen molar-refractivity contribution in [2.75, 3.05) is 25.6 Å². The van der Waals surface area contributed by atoms with E-state index >= 15 is 0 Å². The molecule has 0 fully saturated rings. The first-order valence-corrected chi connectivity index (χ1v) is 6.07. The summed E-state index contributed by atoms with van der Waals surface area (Å²) < 4.78 is 7.95. The summed E-state index contributed by atoms with van der Waals surface area (Å²) in [7, 11) is 4.08. The molecule has 74 valence electrons. The standard InChI is InChI=1S/C9H16N2OSe/c1-5-12-6-8-7(2)10-9(13-8)11(3)4/h5-6H2,1-4H3. The topological polar surface area (TPSA) is 25.4 Å². The quantitative estimate of drug-likeness (QED) is 0.744. The second kappa shape index (κ2) is 4.80. The second-order valence-electron chi connectivity index (χ2n) is 3.04. The molecule has 0 saturated carbocycles. The van der Waals surface area contributed by atoms with Crippen molar-refractivity contribution in [3.05, 3.63) is 10.1 Å². The predicted molar refractivity (Wildman–Crippen MR) is 55.6 cm³/mol. The summed E-state index contributed by atoms with van der Waals surface area (Å²) in [6, 6.07) is 0. The van der Waals surface area contributed by atoms with Crippen LogP contribution in [0.5, 0.6) is 0 Å². The summed E-state index contributed by atoms with van der Waals surface area (Å²) in [4.78, 5) is 6.58. The number of ether oxygens (including phenoxy) is 1. The van der Waals surface area contributed by atoms with Crippen LogP contribution in [0.3, 0.4) is 0 Å². The van der Waals surface area contributed by atoms with E-state index in [-0.39, 0.29) is 0 Å². The fraction of sp³-hybridized carbons (Fsp3) is 0.667. The maximum absolute atomic E-state index is 5.38. The molecule has 13 heavy (non-hydrogen) atoms. The molecule has 0 atom stereocenters.